The highest BCUT2D eigenvalue weighted by Crippen LogP contribution is 2.29. The highest BCUT2D eigenvalue weighted by molar-refractivity contribution is 6.36. The van der Waals surface area contributed by atoms with Gasteiger partial charge in [0.1, 0.15) is 5.39 Å². The van der Waals surface area contributed by atoms with Crippen LogP contribution in [0.1, 0.15) is 19.3 Å². The maximum atomic E-state index is 6.10. The molecule has 3 rings (SSSR count). The van der Waals surface area contributed by atoms with Crippen LogP contribution in [0.4, 0.5) is 5.82 Å². The number of hydrogen-bond donors (Lipinski definition) is 2. The molecule has 3 N–H and O–H groups in total. The van der Waals surface area contributed by atoms with Crippen LogP contribution < -0.4 is 10.3 Å². The molecule has 16 heavy (non-hydrogen) atoms. The Balaban J connectivity index is 2.08. The topological polar surface area (TPSA) is 54.9 Å². The molecule has 0 amide bonds. The number of H-pyrrole nitrogens is 2. The second kappa shape index (κ2) is 3.79. The van der Waals surface area contributed by atoms with E-state index < -0.39 is 0 Å². The van der Waals surface area contributed by atoms with Crippen molar-refractivity contribution in [3.8, 4) is 0 Å². The minimum atomic E-state index is 0.354. The van der Waals surface area contributed by atoms with Crippen molar-refractivity contribution in [2.24, 2.45) is 0 Å². The van der Waals surface area contributed by atoms with Gasteiger partial charge in [0.25, 0.3) is 0 Å². The van der Waals surface area contributed by atoms with Crippen molar-refractivity contribution in [2.45, 2.75) is 25.3 Å². The summed E-state index contributed by atoms with van der Waals surface area (Å²) in [6, 6.07) is 0.517. The second-order valence-electron chi connectivity index (χ2n) is 4.03. The molecule has 4 nitrogen and oxygen atoms in total. The largest absolute Gasteiger partial charge is 0.334 e. The first-order valence-corrected chi connectivity index (χ1v) is 6.01. The number of aromatic amines is 2. The van der Waals surface area contributed by atoms with Crippen molar-refractivity contribution in [3.05, 3.63) is 16.5 Å². The van der Waals surface area contributed by atoms with E-state index >= 15 is 0 Å². The zero-order valence-electron chi connectivity index (χ0n) is 8.48. The van der Waals surface area contributed by atoms with E-state index in [2.05, 4.69) is 20.3 Å². The molecule has 0 atom stereocenters. The molecule has 84 valence electrons. The van der Waals surface area contributed by atoms with Crippen LogP contribution in [0.25, 0.3) is 11.0 Å². The first kappa shape index (κ1) is 10.2. The van der Waals surface area contributed by atoms with Gasteiger partial charge >= 0.3 is 5.28 Å². The molecule has 2 aromatic heterocycles. The third-order valence-electron chi connectivity index (χ3n) is 2.95. The van der Waals surface area contributed by atoms with E-state index in [0.29, 0.717) is 22.0 Å². The molecule has 1 aliphatic carbocycles. The van der Waals surface area contributed by atoms with Gasteiger partial charge in [0, 0.05) is 6.20 Å². The standard InChI is InChI=1S/C10H10Cl2N4/c11-6-4-13-8-7(6)9(16-10(12)15-8)14-5-2-1-3-5/h4-5H,1-3H2,(H2,13,14,15,16)/p+1. The normalized spacial score (nSPS) is 16.4. The number of rotatable bonds is 2. The van der Waals surface area contributed by atoms with Crippen molar-refractivity contribution >= 4 is 40.1 Å². The van der Waals surface area contributed by atoms with Gasteiger partial charge in [-0.3, -0.25) is 0 Å². The fraction of sp³-hybridized carbons (Fsp3) is 0.400. The molecule has 0 aliphatic heterocycles. The third-order valence-corrected chi connectivity index (χ3v) is 3.43. The average molecular weight is 258 g/mol. The highest BCUT2D eigenvalue weighted by atomic mass is 35.5. The molecular formula is C10H11Cl2N4+. The molecule has 0 saturated heterocycles. The van der Waals surface area contributed by atoms with Gasteiger partial charge in [-0.25, -0.2) is 4.98 Å². The molecule has 1 aliphatic rings. The van der Waals surface area contributed by atoms with Crippen molar-refractivity contribution in [3.63, 3.8) is 0 Å². The van der Waals surface area contributed by atoms with E-state index in [4.69, 9.17) is 23.2 Å². The Kier molecular flexibility index (Phi) is 2.41. The molecule has 0 aromatic carbocycles. The third kappa shape index (κ3) is 1.62. The Bertz CT molecular complexity index is 533. The Morgan fingerprint density at radius 1 is 1.44 bits per heavy atom. The Morgan fingerprint density at radius 3 is 2.94 bits per heavy atom. The summed E-state index contributed by atoms with van der Waals surface area (Å²) in [7, 11) is 0. The molecular weight excluding hydrogens is 247 g/mol. The van der Waals surface area contributed by atoms with Crippen LogP contribution >= 0.6 is 23.2 Å². The highest BCUT2D eigenvalue weighted by Gasteiger charge is 2.24. The summed E-state index contributed by atoms with van der Waals surface area (Å²) in [5, 5.41) is 5.28. The van der Waals surface area contributed by atoms with Crippen LogP contribution in [-0.4, -0.2) is 16.0 Å². The van der Waals surface area contributed by atoms with Gasteiger partial charge in [-0.05, 0) is 30.9 Å². The zero-order chi connectivity index (χ0) is 11.1. The van der Waals surface area contributed by atoms with Crippen molar-refractivity contribution in [2.75, 3.05) is 5.32 Å². The van der Waals surface area contributed by atoms with E-state index in [1.54, 1.807) is 6.20 Å². The summed E-state index contributed by atoms with van der Waals surface area (Å²) in [6.45, 7) is 0. The molecule has 2 aromatic rings. The summed E-state index contributed by atoms with van der Waals surface area (Å²) in [5.41, 5.74) is 0.704. The van der Waals surface area contributed by atoms with E-state index in [-0.39, 0.29) is 0 Å². The Hall–Kier alpha value is -1.00. The number of nitrogens with one attached hydrogen (secondary N) is 3. The SMILES string of the molecule is Clc1nc2[nH]cc(Cl)c2c(NC2CCC2)[nH+]1. The predicted octanol–water partition coefficient (Wildman–Crippen LogP) is 2.65. The molecule has 0 unspecified atom stereocenters. The average Bonchev–Trinajstić information content (AvgIpc) is 2.53. The maximum Gasteiger partial charge on any atom is 0.334 e. The number of fused-ring (bicyclic) bond motifs is 1. The number of hydrogen-bond acceptors (Lipinski definition) is 2. The molecule has 6 heteroatoms. The first-order valence-electron chi connectivity index (χ1n) is 5.26. The van der Waals surface area contributed by atoms with Crippen molar-refractivity contribution < 1.29 is 4.98 Å². The van der Waals surface area contributed by atoms with Gasteiger partial charge in [-0.2, -0.15) is 0 Å². The van der Waals surface area contributed by atoms with E-state index in [9.17, 15) is 0 Å². The molecule has 0 radical (unpaired) electrons. The molecule has 0 bridgehead atoms. The van der Waals surface area contributed by atoms with E-state index in [0.717, 1.165) is 11.2 Å². The Morgan fingerprint density at radius 2 is 2.25 bits per heavy atom. The molecule has 0 spiro atoms. The first-order chi connectivity index (χ1) is 7.74. The van der Waals surface area contributed by atoms with Crippen molar-refractivity contribution in [1.29, 1.82) is 0 Å². The lowest BCUT2D eigenvalue weighted by Crippen LogP contribution is -2.30. The number of nitrogens with zero attached hydrogens (tertiary/aromatic N) is 1. The number of halogens is 2. The van der Waals surface area contributed by atoms with Gasteiger partial charge in [0.15, 0.2) is 0 Å². The summed E-state index contributed by atoms with van der Waals surface area (Å²) < 4.78 is 0. The predicted molar refractivity (Wildman–Crippen MR) is 63.9 cm³/mol. The molecule has 1 fully saturated rings. The van der Waals surface area contributed by atoms with Gasteiger partial charge in [0.05, 0.1) is 11.1 Å². The van der Waals surface area contributed by atoms with Crippen LogP contribution in [0, 0.1) is 0 Å². The number of anilines is 1. The summed E-state index contributed by atoms with van der Waals surface area (Å²) in [6.07, 6.45) is 5.38. The lowest BCUT2D eigenvalue weighted by atomic mass is 9.93. The van der Waals surface area contributed by atoms with Crippen LogP contribution in [0.15, 0.2) is 6.20 Å². The lowest BCUT2D eigenvalue weighted by molar-refractivity contribution is -0.361. The summed E-state index contributed by atoms with van der Waals surface area (Å²) in [5.74, 6) is 0.853. The summed E-state index contributed by atoms with van der Waals surface area (Å²) >= 11 is 12.0. The Labute approximate surface area is 102 Å². The molecule has 2 heterocycles. The zero-order valence-corrected chi connectivity index (χ0v) is 9.99. The van der Waals surface area contributed by atoms with Gasteiger partial charge in [0.2, 0.25) is 11.5 Å². The minimum Gasteiger partial charge on any atom is -0.331 e. The maximum absolute atomic E-state index is 6.10. The molecule has 1 saturated carbocycles. The van der Waals surface area contributed by atoms with Crippen LogP contribution in [0.5, 0.6) is 0 Å². The van der Waals surface area contributed by atoms with E-state index in [1.807, 2.05) is 0 Å². The second-order valence-corrected chi connectivity index (χ2v) is 4.80. The minimum absolute atomic E-state index is 0.354. The fourth-order valence-corrected chi connectivity index (χ4v) is 2.29. The lowest BCUT2D eigenvalue weighted by Gasteiger charge is -2.23. The monoisotopic (exact) mass is 257 g/mol. The van der Waals surface area contributed by atoms with Crippen LogP contribution in [-0.2, 0) is 0 Å². The van der Waals surface area contributed by atoms with Crippen LogP contribution in [0.3, 0.4) is 0 Å². The van der Waals surface area contributed by atoms with Gasteiger partial charge in [-0.15, -0.1) is 0 Å². The number of aromatic nitrogens is 3. The summed E-state index contributed by atoms with van der Waals surface area (Å²) in [4.78, 5) is 10.1. The fourth-order valence-electron chi connectivity index (χ4n) is 1.87. The van der Waals surface area contributed by atoms with Crippen LogP contribution in [0.2, 0.25) is 10.3 Å². The van der Waals surface area contributed by atoms with Gasteiger partial charge in [-0.1, -0.05) is 16.6 Å². The smallest absolute Gasteiger partial charge is 0.331 e. The van der Waals surface area contributed by atoms with E-state index in [1.165, 1.54) is 19.3 Å². The van der Waals surface area contributed by atoms with Gasteiger partial charge < -0.3 is 10.3 Å². The quantitative estimate of drug-likeness (QED) is 0.813. The van der Waals surface area contributed by atoms with Crippen molar-refractivity contribution in [1.82, 2.24) is 9.97 Å².